The fourth-order valence-corrected chi connectivity index (χ4v) is 6.10. The lowest BCUT2D eigenvalue weighted by Gasteiger charge is -2.39. The summed E-state index contributed by atoms with van der Waals surface area (Å²) in [6.07, 6.45) is 3.93. The van der Waals surface area contributed by atoms with Gasteiger partial charge in [-0.25, -0.2) is 0 Å². The normalized spacial score (nSPS) is 19.2. The lowest BCUT2D eigenvalue weighted by molar-refractivity contribution is -0.123. The van der Waals surface area contributed by atoms with Crippen molar-refractivity contribution in [3.63, 3.8) is 0 Å². The number of carbonyl (C=O) groups is 2. The molecule has 1 aromatic heterocycles. The number of hydrogen-bond donors (Lipinski definition) is 1. The van der Waals surface area contributed by atoms with Crippen molar-refractivity contribution in [2.24, 2.45) is 0 Å². The van der Waals surface area contributed by atoms with Gasteiger partial charge in [0.2, 0.25) is 5.91 Å². The van der Waals surface area contributed by atoms with Gasteiger partial charge in [0.1, 0.15) is 21.3 Å². The Morgan fingerprint density at radius 2 is 1.79 bits per heavy atom. The van der Waals surface area contributed by atoms with Crippen LogP contribution in [0.2, 0.25) is 0 Å². The second-order valence-corrected chi connectivity index (χ2v) is 11.4. The van der Waals surface area contributed by atoms with Crippen LogP contribution in [-0.2, 0) is 11.2 Å². The Morgan fingerprint density at radius 1 is 1.05 bits per heavy atom. The molecule has 1 N–H and O–H groups in total. The molecule has 2 aromatic carbocycles. The molecule has 2 heterocycles. The quantitative estimate of drug-likeness (QED) is 0.371. The monoisotopic (exact) mass is 553 g/mol. The van der Waals surface area contributed by atoms with Gasteiger partial charge < -0.3 is 10.1 Å². The maximum absolute atomic E-state index is 13.5. The largest absolute Gasteiger partial charge is 0.433 e. The fraction of sp³-hybridized carbons (Fsp3) is 0.429. The van der Waals surface area contributed by atoms with Gasteiger partial charge in [0.25, 0.3) is 0 Å². The summed E-state index contributed by atoms with van der Waals surface area (Å²) in [5.41, 5.74) is 0.607. The minimum absolute atomic E-state index is 0.00213. The zero-order valence-electron chi connectivity index (χ0n) is 21.3. The number of anilines is 1. The highest BCUT2D eigenvalue weighted by molar-refractivity contribution is 7.14. The van der Waals surface area contributed by atoms with E-state index in [1.807, 2.05) is 30.3 Å². The zero-order valence-corrected chi connectivity index (χ0v) is 22.1. The van der Waals surface area contributed by atoms with Crippen molar-refractivity contribution >= 4 is 28.7 Å². The van der Waals surface area contributed by atoms with Crippen molar-refractivity contribution in [1.82, 2.24) is 20.0 Å². The molecule has 1 aliphatic heterocycles. The van der Waals surface area contributed by atoms with E-state index in [1.165, 1.54) is 42.4 Å². The minimum Gasteiger partial charge on any atom is -0.433 e. The van der Waals surface area contributed by atoms with Crippen LogP contribution >= 0.6 is 11.3 Å². The van der Waals surface area contributed by atoms with Crippen molar-refractivity contribution in [1.29, 1.82) is 0 Å². The van der Waals surface area contributed by atoms with Crippen molar-refractivity contribution in [3.8, 4) is 16.3 Å². The highest BCUT2D eigenvalue weighted by Gasteiger charge is 2.55. The van der Waals surface area contributed by atoms with Crippen LogP contribution in [0.15, 0.2) is 48.5 Å². The van der Waals surface area contributed by atoms with Gasteiger partial charge in [0, 0.05) is 43.3 Å². The van der Waals surface area contributed by atoms with E-state index in [4.69, 9.17) is 0 Å². The van der Waals surface area contributed by atoms with Crippen LogP contribution in [-0.4, -0.2) is 76.1 Å². The first-order chi connectivity index (χ1) is 18.9. The Kier molecular flexibility index (Phi) is 7.13. The average Bonchev–Trinajstić information content (AvgIpc) is 3.88. The number of alkyl halides is 2. The number of nitrogens with one attached hydrogen (secondary N) is 1. The first-order valence-electron chi connectivity index (χ1n) is 13.2. The highest BCUT2D eigenvalue weighted by atomic mass is 32.1. The van der Waals surface area contributed by atoms with E-state index < -0.39 is 12.2 Å². The molecule has 2 aliphatic carbocycles. The number of piperazine rings is 1. The van der Waals surface area contributed by atoms with Gasteiger partial charge in [0.15, 0.2) is 5.78 Å². The average molecular weight is 554 g/mol. The summed E-state index contributed by atoms with van der Waals surface area (Å²) in [5.74, 6) is -0.684. The summed E-state index contributed by atoms with van der Waals surface area (Å²) in [5, 5.41) is 12.4. The molecule has 8 nitrogen and oxygen atoms in total. The first kappa shape index (κ1) is 26.0. The summed E-state index contributed by atoms with van der Waals surface area (Å²) in [6, 6.07) is 14.4. The van der Waals surface area contributed by atoms with Gasteiger partial charge >= 0.3 is 6.61 Å². The number of ketones is 1. The van der Waals surface area contributed by atoms with Gasteiger partial charge in [-0.15, -0.1) is 10.2 Å². The van der Waals surface area contributed by atoms with Gasteiger partial charge in [-0.3, -0.25) is 19.4 Å². The number of halogens is 2. The smallest absolute Gasteiger partial charge is 0.387 e. The summed E-state index contributed by atoms with van der Waals surface area (Å²) in [7, 11) is 0. The highest BCUT2D eigenvalue weighted by Crippen LogP contribution is 2.44. The number of nitrogens with zero attached hydrogens (tertiary/aromatic N) is 4. The van der Waals surface area contributed by atoms with Crippen molar-refractivity contribution in [2.45, 2.75) is 50.3 Å². The predicted molar refractivity (Wildman–Crippen MR) is 143 cm³/mol. The molecule has 0 unspecified atom stereocenters. The molecule has 3 aliphatic rings. The van der Waals surface area contributed by atoms with E-state index in [2.05, 4.69) is 30.1 Å². The molecule has 0 radical (unpaired) electrons. The van der Waals surface area contributed by atoms with Crippen LogP contribution in [0.25, 0.3) is 10.6 Å². The second kappa shape index (κ2) is 10.7. The summed E-state index contributed by atoms with van der Waals surface area (Å²) >= 11 is 1.32. The van der Waals surface area contributed by atoms with Crippen molar-refractivity contribution in [2.75, 3.05) is 31.5 Å². The molecule has 3 aromatic rings. The zero-order chi connectivity index (χ0) is 27.0. The predicted octanol–water partition coefficient (Wildman–Crippen LogP) is 4.48. The number of ether oxygens (including phenoxy) is 1. The van der Waals surface area contributed by atoms with Gasteiger partial charge in [-0.1, -0.05) is 41.7 Å². The number of rotatable bonds is 10. The van der Waals surface area contributed by atoms with Crippen LogP contribution in [0, 0.1) is 0 Å². The van der Waals surface area contributed by atoms with Crippen LogP contribution in [0.5, 0.6) is 5.75 Å². The van der Waals surface area contributed by atoms with E-state index in [9.17, 15) is 18.4 Å². The molecular weight excluding hydrogens is 524 g/mol. The molecule has 11 heteroatoms. The molecule has 2 saturated carbocycles. The topological polar surface area (TPSA) is 87.7 Å². The SMILES string of the molecule is O=C(Cc1nnc(-c2ccccc2)s1)c1ccc(OC(F)F)c(NC(=O)C2(N3CCN(C4CC4)CC3)CC2)c1. The third kappa shape index (κ3) is 5.70. The van der Waals surface area contributed by atoms with Gasteiger partial charge in [-0.05, 0) is 43.9 Å². The molecule has 0 bridgehead atoms. The summed E-state index contributed by atoms with van der Waals surface area (Å²) in [4.78, 5) is 31.3. The van der Waals surface area contributed by atoms with E-state index in [0.29, 0.717) is 28.9 Å². The maximum atomic E-state index is 13.5. The molecule has 1 saturated heterocycles. The van der Waals surface area contributed by atoms with E-state index in [0.717, 1.165) is 31.7 Å². The van der Waals surface area contributed by atoms with Crippen molar-refractivity contribution in [3.05, 3.63) is 59.1 Å². The van der Waals surface area contributed by atoms with Crippen LogP contribution in [0.4, 0.5) is 14.5 Å². The number of aromatic nitrogens is 2. The molecule has 204 valence electrons. The number of amides is 1. The Labute approximate surface area is 229 Å². The summed E-state index contributed by atoms with van der Waals surface area (Å²) in [6.45, 7) is 0.401. The Hall–Kier alpha value is -3.28. The molecule has 39 heavy (non-hydrogen) atoms. The standard InChI is InChI=1S/C28H29F2N5O3S/c29-27(30)38-23-9-6-19(22(36)17-24-32-33-25(39-24)18-4-2-1-3-5-18)16-21(23)31-26(37)28(10-11-28)35-14-12-34(13-15-35)20-7-8-20/h1-6,9,16,20,27H,7-8,10-15,17H2,(H,31,37). The number of carbonyl (C=O) groups excluding carboxylic acids is 2. The van der Waals surface area contributed by atoms with Crippen LogP contribution in [0.1, 0.15) is 41.0 Å². The van der Waals surface area contributed by atoms with E-state index >= 15 is 0 Å². The Morgan fingerprint density at radius 3 is 2.46 bits per heavy atom. The second-order valence-electron chi connectivity index (χ2n) is 10.3. The molecule has 1 amide bonds. The van der Waals surface area contributed by atoms with Crippen LogP contribution in [0.3, 0.4) is 0 Å². The van der Waals surface area contributed by atoms with Crippen molar-refractivity contribution < 1.29 is 23.1 Å². The Bertz CT molecular complexity index is 1350. The molecule has 0 atom stereocenters. The Balaban J connectivity index is 1.16. The van der Waals surface area contributed by atoms with E-state index in [1.54, 1.807) is 0 Å². The number of hydrogen-bond acceptors (Lipinski definition) is 8. The number of Topliss-reactive ketones (excluding diaryl/α,β-unsaturated/α-hetero) is 1. The number of benzene rings is 2. The maximum Gasteiger partial charge on any atom is 0.387 e. The summed E-state index contributed by atoms with van der Waals surface area (Å²) < 4.78 is 31.0. The fourth-order valence-electron chi connectivity index (χ4n) is 5.26. The van der Waals surface area contributed by atoms with Gasteiger partial charge in [0.05, 0.1) is 12.1 Å². The molecule has 0 spiro atoms. The molecular formula is C28H29F2N5O3S. The van der Waals surface area contributed by atoms with Crippen LogP contribution < -0.4 is 10.1 Å². The third-order valence-corrected chi connectivity index (χ3v) is 8.67. The van der Waals surface area contributed by atoms with E-state index in [-0.39, 0.29) is 35.1 Å². The first-order valence-corrected chi connectivity index (χ1v) is 14.0. The van der Waals surface area contributed by atoms with Gasteiger partial charge in [-0.2, -0.15) is 8.78 Å². The third-order valence-electron chi connectivity index (χ3n) is 7.69. The minimum atomic E-state index is -3.06. The molecule has 6 rings (SSSR count). The lowest BCUT2D eigenvalue weighted by atomic mass is 10.1. The lowest BCUT2D eigenvalue weighted by Crippen LogP contribution is -2.55. The molecule has 3 fully saturated rings.